The molecule has 0 atom stereocenters. The van der Waals surface area contributed by atoms with Crippen LogP contribution in [0, 0.1) is 11.3 Å². The highest BCUT2D eigenvalue weighted by Gasteiger charge is 1.83. The van der Waals surface area contributed by atoms with Crippen LogP contribution in [0.5, 0.6) is 0 Å². The lowest BCUT2D eigenvalue weighted by Crippen LogP contribution is -1.69. The van der Waals surface area contributed by atoms with Gasteiger partial charge in [-0.1, -0.05) is 54.7 Å². The highest BCUT2D eigenvalue weighted by atomic mass is 14.2. The van der Waals surface area contributed by atoms with E-state index in [9.17, 15) is 0 Å². The number of hydrogen-bond acceptors (Lipinski definition) is 1. The third kappa shape index (κ3) is 4.08. The number of hydrogen-bond donors (Lipinski definition) is 0. The van der Waals surface area contributed by atoms with Crippen LogP contribution < -0.4 is 0 Å². The Labute approximate surface area is 84.4 Å². The van der Waals surface area contributed by atoms with E-state index in [0.29, 0.717) is 5.57 Å². The van der Waals surface area contributed by atoms with Crippen LogP contribution in [-0.4, -0.2) is 0 Å². The van der Waals surface area contributed by atoms with Crippen molar-refractivity contribution in [1.82, 2.24) is 0 Å². The molecule has 0 saturated carbocycles. The molecule has 0 spiro atoms. The summed E-state index contributed by atoms with van der Waals surface area (Å²) in [4.78, 5) is 0. The van der Waals surface area contributed by atoms with Crippen molar-refractivity contribution in [3.63, 3.8) is 0 Å². The fourth-order valence-electron chi connectivity index (χ4n) is 0.898. The lowest BCUT2D eigenvalue weighted by Gasteiger charge is -1.83. The molecule has 1 heteroatoms. The molecule has 1 nitrogen and oxygen atoms in total. The summed E-state index contributed by atoms with van der Waals surface area (Å²) in [5.41, 5.74) is 0.642. The second-order valence-electron chi connectivity index (χ2n) is 2.63. The lowest BCUT2D eigenvalue weighted by molar-refractivity contribution is 1.50. The van der Waals surface area contributed by atoms with E-state index in [2.05, 4.69) is 6.07 Å². The van der Waals surface area contributed by atoms with Crippen LogP contribution in [0.15, 0.2) is 72.4 Å². The molecule has 0 aromatic carbocycles. The summed E-state index contributed by atoms with van der Waals surface area (Å²) in [7, 11) is 0. The third-order valence-corrected chi connectivity index (χ3v) is 1.57. The molecule has 0 aliphatic heterocycles. The van der Waals surface area contributed by atoms with Crippen LogP contribution in [-0.2, 0) is 0 Å². The van der Waals surface area contributed by atoms with Crippen LogP contribution in [0.2, 0.25) is 0 Å². The Balaban J connectivity index is 2.87. The highest BCUT2D eigenvalue weighted by Crippen LogP contribution is 1.97. The van der Waals surface area contributed by atoms with E-state index in [4.69, 9.17) is 5.26 Å². The van der Waals surface area contributed by atoms with Gasteiger partial charge in [-0.15, -0.1) is 0 Å². The second kappa shape index (κ2) is 6.45. The Bertz CT molecular complexity index is 382. The predicted molar refractivity (Wildman–Crippen MR) is 59.4 cm³/mol. The number of allylic oxidation sites excluding steroid dienone is 12. The molecular formula is C13H11N. The van der Waals surface area contributed by atoms with Crippen molar-refractivity contribution in [2.24, 2.45) is 0 Å². The molecular weight excluding hydrogens is 170 g/mol. The minimum Gasteiger partial charge on any atom is -0.192 e. The summed E-state index contributed by atoms with van der Waals surface area (Å²) in [6.07, 6.45) is 20.7. The third-order valence-electron chi connectivity index (χ3n) is 1.57. The quantitative estimate of drug-likeness (QED) is 0.562. The van der Waals surface area contributed by atoms with Crippen LogP contribution >= 0.6 is 0 Å². The molecule has 1 rings (SSSR count). The van der Waals surface area contributed by atoms with Gasteiger partial charge in [-0.3, -0.25) is 0 Å². The van der Waals surface area contributed by atoms with E-state index in [1.165, 1.54) is 0 Å². The average Bonchev–Trinajstić information content (AvgIpc) is 2.19. The molecule has 0 aromatic heterocycles. The first-order valence-electron chi connectivity index (χ1n) is 4.38. The van der Waals surface area contributed by atoms with Crippen LogP contribution in [0.25, 0.3) is 0 Å². The van der Waals surface area contributed by atoms with E-state index < -0.39 is 0 Å². The Kier molecular flexibility index (Phi) is 4.61. The summed E-state index contributed by atoms with van der Waals surface area (Å²) in [5, 5.41) is 8.74. The smallest absolute Gasteiger partial charge is 0.0991 e. The second-order valence-corrected chi connectivity index (χ2v) is 2.63. The maximum absolute atomic E-state index is 8.74. The number of nitrogens with zero attached hydrogens (tertiary/aromatic N) is 1. The molecule has 14 heavy (non-hydrogen) atoms. The molecule has 0 fully saturated rings. The van der Waals surface area contributed by atoms with E-state index in [-0.39, 0.29) is 0 Å². The summed E-state index contributed by atoms with van der Waals surface area (Å²) < 4.78 is 0. The molecule has 68 valence electrons. The van der Waals surface area contributed by atoms with Crippen molar-refractivity contribution >= 4 is 0 Å². The van der Waals surface area contributed by atoms with E-state index in [0.717, 1.165) is 0 Å². The van der Waals surface area contributed by atoms with Gasteiger partial charge >= 0.3 is 0 Å². The van der Waals surface area contributed by atoms with Gasteiger partial charge in [0.25, 0.3) is 0 Å². The molecule has 0 bridgehead atoms. The van der Waals surface area contributed by atoms with Gasteiger partial charge in [0.15, 0.2) is 0 Å². The predicted octanol–water partition coefficient (Wildman–Crippen LogP) is 3.23. The number of nitriles is 1. The number of rotatable bonds is 0. The minimum absolute atomic E-state index is 0.642. The van der Waals surface area contributed by atoms with Gasteiger partial charge in [-0.25, -0.2) is 0 Å². The standard InChI is InChI=1S/C13H11N/c14-12-13-10-8-6-4-2-1-3-5-7-9-11-13/h1-11H. The lowest BCUT2D eigenvalue weighted by atomic mass is 10.2. The van der Waals surface area contributed by atoms with E-state index in [1.54, 1.807) is 12.2 Å². The van der Waals surface area contributed by atoms with E-state index >= 15 is 0 Å². The topological polar surface area (TPSA) is 23.8 Å². The normalized spacial score (nSPS) is 15.5. The van der Waals surface area contributed by atoms with Gasteiger partial charge in [0.05, 0.1) is 11.6 Å². The molecule has 0 saturated heterocycles. The molecule has 0 aromatic rings. The SMILES string of the molecule is N#CC1=CC=CC=CC=CC=CC=C1. The molecule has 0 unspecified atom stereocenters. The largest absolute Gasteiger partial charge is 0.192 e. The highest BCUT2D eigenvalue weighted by molar-refractivity contribution is 5.38. The zero-order chi connectivity index (χ0) is 10.1. The Hall–Kier alpha value is -2.07. The fourth-order valence-corrected chi connectivity index (χ4v) is 0.898. The van der Waals surface area contributed by atoms with Crippen LogP contribution in [0.3, 0.4) is 0 Å². The van der Waals surface area contributed by atoms with Gasteiger partial charge < -0.3 is 0 Å². The molecule has 0 radical (unpaired) electrons. The van der Waals surface area contributed by atoms with Gasteiger partial charge in [-0.2, -0.15) is 5.26 Å². The average molecular weight is 181 g/mol. The fraction of sp³-hybridized carbons (Fsp3) is 0. The first-order valence-corrected chi connectivity index (χ1v) is 4.38. The summed E-state index contributed by atoms with van der Waals surface area (Å²) in [6, 6.07) is 2.10. The molecule has 1 aliphatic carbocycles. The van der Waals surface area contributed by atoms with Crippen LogP contribution in [0.1, 0.15) is 0 Å². The van der Waals surface area contributed by atoms with Crippen molar-refractivity contribution in [3.8, 4) is 6.07 Å². The molecule has 0 N–H and O–H groups in total. The van der Waals surface area contributed by atoms with Crippen molar-refractivity contribution in [1.29, 1.82) is 5.26 Å². The van der Waals surface area contributed by atoms with Crippen LogP contribution in [0.4, 0.5) is 0 Å². The molecule has 0 amide bonds. The van der Waals surface area contributed by atoms with E-state index in [1.807, 2.05) is 54.7 Å². The summed E-state index contributed by atoms with van der Waals surface area (Å²) in [5.74, 6) is 0. The summed E-state index contributed by atoms with van der Waals surface area (Å²) in [6.45, 7) is 0. The van der Waals surface area contributed by atoms with Gasteiger partial charge in [0.2, 0.25) is 0 Å². The van der Waals surface area contributed by atoms with Crippen molar-refractivity contribution in [2.75, 3.05) is 0 Å². The monoisotopic (exact) mass is 181 g/mol. The Morgan fingerprint density at radius 2 is 1.21 bits per heavy atom. The molecule has 1 aliphatic rings. The summed E-state index contributed by atoms with van der Waals surface area (Å²) >= 11 is 0. The van der Waals surface area contributed by atoms with Gasteiger partial charge in [0, 0.05) is 0 Å². The zero-order valence-electron chi connectivity index (χ0n) is 7.80. The minimum atomic E-state index is 0.642. The van der Waals surface area contributed by atoms with Crippen molar-refractivity contribution in [3.05, 3.63) is 72.4 Å². The first kappa shape index (κ1) is 10.0. The zero-order valence-corrected chi connectivity index (χ0v) is 7.80. The maximum atomic E-state index is 8.74. The first-order chi connectivity index (χ1) is 6.93. The Morgan fingerprint density at radius 1 is 0.714 bits per heavy atom. The maximum Gasteiger partial charge on any atom is 0.0991 e. The van der Waals surface area contributed by atoms with Crippen molar-refractivity contribution in [2.45, 2.75) is 0 Å². The molecule has 0 heterocycles. The van der Waals surface area contributed by atoms with Crippen molar-refractivity contribution < 1.29 is 0 Å². The van der Waals surface area contributed by atoms with Gasteiger partial charge in [0.1, 0.15) is 0 Å². The Morgan fingerprint density at radius 3 is 1.79 bits per heavy atom. The van der Waals surface area contributed by atoms with Gasteiger partial charge in [-0.05, 0) is 12.2 Å².